The molecule has 1 aromatic heterocycles. The minimum absolute atomic E-state index is 0.0851. The Morgan fingerprint density at radius 2 is 1.85 bits per heavy atom. The van der Waals surface area contributed by atoms with Crippen LogP contribution in [-0.4, -0.2) is 13.0 Å². The van der Waals surface area contributed by atoms with Gasteiger partial charge in [-0.25, -0.2) is 17.6 Å². The van der Waals surface area contributed by atoms with E-state index in [2.05, 4.69) is 0 Å². The monoisotopic (exact) mass is 377 g/mol. The molecule has 0 saturated carbocycles. The molecule has 0 bridgehead atoms. The maximum atomic E-state index is 13.4. The second kappa shape index (κ2) is 6.72. The highest BCUT2D eigenvalue weighted by Gasteiger charge is 2.20. The Balaban J connectivity index is 2.06. The van der Waals surface area contributed by atoms with Gasteiger partial charge >= 0.3 is 5.76 Å². The zero-order chi connectivity index (χ0) is 19.1. The Bertz CT molecular complexity index is 1140. The molecule has 3 aromatic rings. The standard InChI is InChI=1S/C19H20FNO4S/c1-4-7-21-18-13(3)9-15(10-17(18)25-19(21)22)26(23,24)11-14-5-6-16(20)12(2)8-14/h5-6,8-10H,4,7,11H2,1-3H3. The van der Waals surface area contributed by atoms with E-state index in [-0.39, 0.29) is 22.0 Å². The highest BCUT2D eigenvalue weighted by molar-refractivity contribution is 7.90. The maximum absolute atomic E-state index is 13.4. The van der Waals surface area contributed by atoms with Crippen molar-refractivity contribution in [3.8, 4) is 0 Å². The Morgan fingerprint density at radius 1 is 1.12 bits per heavy atom. The van der Waals surface area contributed by atoms with E-state index < -0.39 is 15.6 Å². The molecule has 0 atom stereocenters. The van der Waals surface area contributed by atoms with Gasteiger partial charge in [-0.1, -0.05) is 19.1 Å². The van der Waals surface area contributed by atoms with Gasteiger partial charge in [0.05, 0.1) is 16.2 Å². The number of aromatic nitrogens is 1. The van der Waals surface area contributed by atoms with E-state index in [0.717, 1.165) is 6.42 Å². The summed E-state index contributed by atoms with van der Waals surface area (Å²) in [5, 5.41) is 0. The lowest BCUT2D eigenvalue weighted by atomic mass is 10.1. The Labute approximate surface area is 151 Å². The number of aryl methyl sites for hydroxylation is 3. The Hall–Kier alpha value is -2.41. The summed E-state index contributed by atoms with van der Waals surface area (Å²) in [4.78, 5) is 12.1. The number of fused-ring (bicyclic) bond motifs is 1. The second-order valence-corrected chi connectivity index (χ2v) is 8.44. The van der Waals surface area contributed by atoms with Gasteiger partial charge in [0.2, 0.25) is 0 Å². The van der Waals surface area contributed by atoms with E-state index in [1.807, 2.05) is 6.92 Å². The summed E-state index contributed by atoms with van der Waals surface area (Å²) in [7, 11) is -3.67. The summed E-state index contributed by atoms with van der Waals surface area (Å²) in [5.74, 6) is -1.12. The van der Waals surface area contributed by atoms with E-state index in [9.17, 15) is 17.6 Å². The smallest absolute Gasteiger partial charge is 0.408 e. The minimum Gasteiger partial charge on any atom is -0.408 e. The third kappa shape index (κ3) is 3.31. The fourth-order valence-electron chi connectivity index (χ4n) is 3.09. The molecule has 1 heterocycles. The quantitative estimate of drug-likeness (QED) is 0.679. The van der Waals surface area contributed by atoms with Gasteiger partial charge in [0, 0.05) is 12.6 Å². The fourth-order valence-corrected chi connectivity index (χ4v) is 4.51. The van der Waals surface area contributed by atoms with Crippen LogP contribution in [0.25, 0.3) is 11.1 Å². The lowest BCUT2D eigenvalue weighted by Gasteiger charge is -2.08. The molecule has 0 amide bonds. The lowest BCUT2D eigenvalue weighted by Crippen LogP contribution is -2.14. The highest BCUT2D eigenvalue weighted by atomic mass is 32.2. The predicted molar refractivity (Wildman–Crippen MR) is 97.5 cm³/mol. The first-order valence-corrected chi connectivity index (χ1v) is 10.00. The lowest BCUT2D eigenvalue weighted by molar-refractivity contribution is 0.502. The van der Waals surface area contributed by atoms with Crippen molar-refractivity contribution in [3.63, 3.8) is 0 Å². The number of sulfone groups is 1. The molecule has 0 radical (unpaired) electrons. The van der Waals surface area contributed by atoms with Crippen molar-refractivity contribution in [1.29, 1.82) is 0 Å². The Kier molecular flexibility index (Phi) is 4.75. The van der Waals surface area contributed by atoms with Crippen molar-refractivity contribution in [2.75, 3.05) is 0 Å². The van der Waals surface area contributed by atoms with Gasteiger partial charge in [-0.2, -0.15) is 0 Å². The number of hydrogen-bond acceptors (Lipinski definition) is 4. The molecule has 2 aromatic carbocycles. The van der Waals surface area contributed by atoms with Gasteiger partial charge < -0.3 is 4.42 Å². The zero-order valence-corrected chi connectivity index (χ0v) is 15.7. The normalized spacial score (nSPS) is 12.0. The molecule has 26 heavy (non-hydrogen) atoms. The summed E-state index contributed by atoms with van der Waals surface area (Å²) in [6.07, 6.45) is 0.762. The first kappa shape index (κ1) is 18.4. The summed E-state index contributed by atoms with van der Waals surface area (Å²) in [5.41, 5.74) is 2.44. The zero-order valence-electron chi connectivity index (χ0n) is 14.9. The SMILES string of the molecule is CCCn1c(=O)oc2cc(S(=O)(=O)Cc3ccc(F)c(C)c3)cc(C)c21. The van der Waals surface area contributed by atoms with Gasteiger partial charge in [-0.05, 0) is 49.1 Å². The average Bonchev–Trinajstić information content (AvgIpc) is 2.87. The topological polar surface area (TPSA) is 69.3 Å². The number of rotatable bonds is 5. The van der Waals surface area contributed by atoms with Gasteiger partial charge in [0.15, 0.2) is 15.4 Å². The fraction of sp³-hybridized carbons (Fsp3) is 0.316. The van der Waals surface area contributed by atoms with Gasteiger partial charge in [-0.15, -0.1) is 0 Å². The number of oxazole rings is 1. The van der Waals surface area contributed by atoms with Crippen LogP contribution in [0.3, 0.4) is 0 Å². The molecule has 0 saturated heterocycles. The second-order valence-electron chi connectivity index (χ2n) is 6.45. The molecule has 5 nitrogen and oxygen atoms in total. The summed E-state index contributed by atoms with van der Waals surface area (Å²) in [6.45, 7) is 5.80. The highest BCUT2D eigenvalue weighted by Crippen LogP contribution is 2.26. The van der Waals surface area contributed by atoms with Crippen LogP contribution < -0.4 is 5.76 Å². The van der Waals surface area contributed by atoms with E-state index in [1.165, 1.54) is 28.8 Å². The van der Waals surface area contributed by atoms with Crippen LogP contribution in [0, 0.1) is 19.7 Å². The molecule has 7 heteroatoms. The largest absolute Gasteiger partial charge is 0.419 e. The molecule has 0 aliphatic rings. The molecule has 0 N–H and O–H groups in total. The van der Waals surface area contributed by atoms with Crippen molar-refractivity contribution in [2.45, 2.75) is 44.4 Å². The minimum atomic E-state index is -3.67. The van der Waals surface area contributed by atoms with Crippen LogP contribution in [0.15, 0.2) is 44.4 Å². The number of nitrogens with zero attached hydrogens (tertiary/aromatic N) is 1. The summed E-state index contributed by atoms with van der Waals surface area (Å²) < 4.78 is 45.7. The number of halogens is 1. The van der Waals surface area contributed by atoms with Crippen LogP contribution in [0.1, 0.15) is 30.0 Å². The number of hydrogen-bond donors (Lipinski definition) is 0. The molecular weight excluding hydrogens is 357 g/mol. The van der Waals surface area contributed by atoms with E-state index in [4.69, 9.17) is 4.42 Å². The first-order chi connectivity index (χ1) is 12.2. The predicted octanol–water partition coefficient (Wildman–Crippen LogP) is 3.73. The summed E-state index contributed by atoms with van der Waals surface area (Å²) >= 11 is 0. The molecular formula is C19H20FNO4S. The van der Waals surface area contributed by atoms with Crippen molar-refractivity contribution >= 4 is 20.9 Å². The van der Waals surface area contributed by atoms with Crippen LogP contribution >= 0.6 is 0 Å². The number of benzene rings is 2. The third-order valence-electron chi connectivity index (χ3n) is 4.31. The summed E-state index contributed by atoms with van der Waals surface area (Å²) in [6, 6.07) is 7.19. The molecule has 0 fully saturated rings. The third-order valence-corrected chi connectivity index (χ3v) is 5.98. The van der Waals surface area contributed by atoms with Crippen molar-refractivity contribution in [2.24, 2.45) is 0 Å². The first-order valence-electron chi connectivity index (χ1n) is 8.34. The molecule has 138 valence electrons. The van der Waals surface area contributed by atoms with Gasteiger partial charge in [-0.3, -0.25) is 4.57 Å². The van der Waals surface area contributed by atoms with Crippen molar-refractivity contribution < 1.29 is 17.2 Å². The average molecular weight is 377 g/mol. The van der Waals surface area contributed by atoms with E-state index in [1.54, 1.807) is 19.9 Å². The van der Waals surface area contributed by atoms with Crippen LogP contribution in [-0.2, 0) is 22.1 Å². The maximum Gasteiger partial charge on any atom is 0.419 e. The van der Waals surface area contributed by atoms with Gasteiger partial charge in [0.25, 0.3) is 0 Å². The Morgan fingerprint density at radius 3 is 2.50 bits per heavy atom. The molecule has 0 aliphatic carbocycles. The van der Waals surface area contributed by atoms with Crippen molar-refractivity contribution in [1.82, 2.24) is 4.57 Å². The van der Waals surface area contributed by atoms with E-state index >= 15 is 0 Å². The molecule has 0 aliphatic heterocycles. The van der Waals surface area contributed by atoms with Crippen LogP contribution in [0.5, 0.6) is 0 Å². The molecule has 3 rings (SSSR count). The van der Waals surface area contributed by atoms with Crippen LogP contribution in [0.2, 0.25) is 0 Å². The molecule has 0 spiro atoms. The van der Waals surface area contributed by atoms with Crippen molar-refractivity contribution in [3.05, 3.63) is 63.4 Å². The molecule has 0 unspecified atom stereocenters. The van der Waals surface area contributed by atoms with Crippen LogP contribution in [0.4, 0.5) is 4.39 Å². The van der Waals surface area contributed by atoms with E-state index in [0.29, 0.717) is 28.8 Å². The van der Waals surface area contributed by atoms with Gasteiger partial charge in [0.1, 0.15) is 5.82 Å².